The van der Waals surface area contributed by atoms with Crippen molar-refractivity contribution in [3.8, 4) is 0 Å². The van der Waals surface area contributed by atoms with E-state index in [0.717, 1.165) is 11.1 Å². The zero-order valence-electron chi connectivity index (χ0n) is 19.7. The van der Waals surface area contributed by atoms with Crippen LogP contribution < -0.4 is 16.0 Å². The number of alkyl carbamates (subject to hydrolysis) is 2. The van der Waals surface area contributed by atoms with E-state index >= 15 is 0 Å². The Bertz CT molecular complexity index is 744. The van der Waals surface area contributed by atoms with E-state index in [4.69, 9.17) is 9.47 Å². The molecule has 0 aliphatic heterocycles. The fourth-order valence-corrected chi connectivity index (χ4v) is 2.68. The SMILES string of the molecule is C=C(C)CCNC(=O)C(CCCCNC(=O)OCc1ccccc1)NC(=O)OC(C)(C)C. The second-order valence-electron chi connectivity index (χ2n) is 8.68. The quantitative estimate of drug-likeness (QED) is 0.331. The number of carbonyl (C=O) groups is 3. The first-order valence-corrected chi connectivity index (χ1v) is 10.9. The summed E-state index contributed by atoms with van der Waals surface area (Å²) in [5.41, 5.74) is 1.22. The number of amides is 3. The van der Waals surface area contributed by atoms with Crippen LogP contribution in [0.15, 0.2) is 42.5 Å². The monoisotopic (exact) mass is 447 g/mol. The van der Waals surface area contributed by atoms with Crippen molar-refractivity contribution in [1.82, 2.24) is 16.0 Å². The Balaban J connectivity index is 2.40. The molecule has 0 saturated carbocycles. The molecule has 1 rings (SSSR count). The maximum atomic E-state index is 12.5. The molecule has 8 nitrogen and oxygen atoms in total. The average Bonchev–Trinajstić information content (AvgIpc) is 2.70. The average molecular weight is 448 g/mol. The number of benzene rings is 1. The van der Waals surface area contributed by atoms with Gasteiger partial charge in [0.05, 0.1) is 0 Å². The molecule has 0 saturated heterocycles. The topological polar surface area (TPSA) is 106 Å². The highest BCUT2D eigenvalue weighted by Crippen LogP contribution is 2.09. The lowest BCUT2D eigenvalue weighted by atomic mass is 10.1. The first-order chi connectivity index (χ1) is 15.1. The number of carbonyl (C=O) groups excluding carboxylic acids is 3. The van der Waals surface area contributed by atoms with Crippen molar-refractivity contribution in [2.45, 2.75) is 71.6 Å². The summed E-state index contributed by atoms with van der Waals surface area (Å²) in [5, 5.41) is 8.15. The van der Waals surface area contributed by atoms with Gasteiger partial charge in [-0.05, 0) is 58.9 Å². The molecule has 1 aromatic rings. The molecule has 178 valence electrons. The summed E-state index contributed by atoms with van der Waals surface area (Å²) in [7, 11) is 0. The summed E-state index contributed by atoms with van der Waals surface area (Å²) >= 11 is 0. The number of hydrogen-bond donors (Lipinski definition) is 3. The van der Waals surface area contributed by atoms with Crippen LogP contribution in [0.5, 0.6) is 0 Å². The summed E-state index contributed by atoms with van der Waals surface area (Å²) in [6.45, 7) is 12.1. The van der Waals surface area contributed by atoms with E-state index in [2.05, 4.69) is 22.5 Å². The van der Waals surface area contributed by atoms with Gasteiger partial charge < -0.3 is 25.4 Å². The molecule has 0 aromatic heterocycles. The lowest BCUT2D eigenvalue weighted by molar-refractivity contribution is -0.123. The highest BCUT2D eigenvalue weighted by molar-refractivity contribution is 5.85. The molecular weight excluding hydrogens is 410 g/mol. The van der Waals surface area contributed by atoms with Gasteiger partial charge in [0.1, 0.15) is 18.2 Å². The van der Waals surface area contributed by atoms with Crippen molar-refractivity contribution in [3.05, 3.63) is 48.0 Å². The zero-order chi connectivity index (χ0) is 24.0. The summed E-state index contributed by atoms with van der Waals surface area (Å²) in [6, 6.07) is 8.70. The molecule has 32 heavy (non-hydrogen) atoms. The highest BCUT2D eigenvalue weighted by Gasteiger charge is 2.23. The molecule has 1 atom stereocenters. The number of rotatable bonds is 12. The molecule has 0 spiro atoms. The molecule has 0 heterocycles. The first-order valence-electron chi connectivity index (χ1n) is 10.9. The van der Waals surface area contributed by atoms with Crippen LogP contribution in [0.2, 0.25) is 0 Å². The second-order valence-corrected chi connectivity index (χ2v) is 8.68. The Hall–Kier alpha value is -3.03. The van der Waals surface area contributed by atoms with Crippen molar-refractivity contribution >= 4 is 18.1 Å². The van der Waals surface area contributed by atoms with E-state index in [1.807, 2.05) is 37.3 Å². The fourth-order valence-electron chi connectivity index (χ4n) is 2.68. The zero-order valence-corrected chi connectivity index (χ0v) is 19.7. The van der Waals surface area contributed by atoms with Gasteiger partial charge in [-0.3, -0.25) is 4.79 Å². The minimum absolute atomic E-state index is 0.207. The third kappa shape index (κ3) is 13.3. The maximum Gasteiger partial charge on any atom is 0.408 e. The van der Waals surface area contributed by atoms with Crippen molar-refractivity contribution < 1.29 is 23.9 Å². The third-order valence-corrected chi connectivity index (χ3v) is 4.26. The Kier molecular flexibility index (Phi) is 11.9. The highest BCUT2D eigenvalue weighted by atomic mass is 16.6. The molecule has 0 aliphatic rings. The predicted molar refractivity (Wildman–Crippen MR) is 124 cm³/mol. The molecule has 1 aromatic carbocycles. The van der Waals surface area contributed by atoms with E-state index in [9.17, 15) is 14.4 Å². The van der Waals surface area contributed by atoms with E-state index < -0.39 is 23.8 Å². The van der Waals surface area contributed by atoms with Crippen LogP contribution >= 0.6 is 0 Å². The van der Waals surface area contributed by atoms with Gasteiger partial charge in [0.25, 0.3) is 0 Å². The summed E-state index contributed by atoms with van der Waals surface area (Å²) in [6.07, 6.45) is 1.20. The summed E-state index contributed by atoms with van der Waals surface area (Å²) < 4.78 is 10.4. The number of nitrogens with one attached hydrogen (secondary N) is 3. The summed E-state index contributed by atoms with van der Waals surface area (Å²) in [5.74, 6) is -0.271. The standard InChI is InChI=1S/C24H37N3O5/c1-18(2)14-16-25-21(28)20(27-23(30)32-24(3,4)5)13-9-10-15-26-22(29)31-17-19-11-7-6-8-12-19/h6-8,11-12,20H,1,9-10,13-17H2,2-5H3,(H,25,28)(H,26,29)(H,27,30). The maximum absolute atomic E-state index is 12.5. The van der Waals surface area contributed by atoms with Crippen molar-refractivity contribution in [2.75, 3.05) is 13.1 Å². The van der Waals surface area contributed by atoms with Gasteiger partial charge in [-0.25, -0.2) is 9.59 Å². The van der Waals surface area contributed by atoms with Crippen LogP contribution in [-0.2, 0) is 20.9 Å². The predicted octanol–water partition coefficient (Wildman–Crippen LogP) is 4.06. The van der Waals surface area contributed by atoms with Crippen LogP contribution in [0.25, 0.3) is 0 Å². The Labute approximate surface area is 191 Å². The molecule has 3 amide bonds. The van der Waals surface area contributed by atoms with Crippen LogP contribution in [0.1, 0.15) is 58.9 Å². The molecule has 0 fully saturated rings. The van der Waals surface area contributed by atoms with Crippen LogP contribution in [0, 0.1) is 0 Å². The van der Waals surface area contributed by atoms with E-state index in [1.165, 1.54) is 0 Å². The molecule has 3 N–H and O–H groups in total. The smallest absolute Gasteiger partial charge is 0.408 e. The lowest BCUT2D eigenvalue weighted by Crippen LogP contribution is -2.48. The van der Waals surface area contributed by atoms with Gasteiger partial charge in [-0.2, -0.15) is 0 Å². The van der Waals surface area contributed by atoms with Gasteiger partial charge >= 0.3 is 12.2 Å². The molecule has 0 aliphatic carbocycles. The molecule has 0 bridgehead atoms. The molecule has 0 radical (unpaired) electrons. The van der Waals surface area contributed by atoms with Gasteiger partial charge in [-0.1, -0.05) is 35.9 Å². The van der Waals surface area contributed by atoms with Crippen molar-refractivity contribution in [2.24, 2.45) is 0 Å². The largest absolute Gasteiger partial charge is 0.445 e. The Morgan fingerprint density at radius 1 is 1.00 bits per heavy atom. The van der Waals surface area contributed by atoms with E-state index in [-0.39, 0.29) is 12.5 Å². The summed E-state index contributed by atoms with van der Waals surface area (Å²) in [4.78, 5) is 36.4. The minimum Gasteiger partial charge on any atom is -0.445 e. The van der Waals surface area contributed by atoms with Crippen molar-refractivity contribution in [3.63, 3.8) is 0 Å². The fraction of sp³-hybridized carbons (Fsp3) is 0.542. The van der Waals surface area contributed by atoms with E-state index in [1.54, 1.807) is 20.8 Å². The Morgan fingerprint density at radius 2 is 1.69 bits per heavy atom. The number of hydrogen-bond acceptors (Lipinski definition) is 5. The number of ether oxygens (including phenoxy) is 2. The molecular formula is C24H37N3O5. The van der Waals surface area contributed by atoms with Gasteiger partial charge in [0.2, 0.25) is 5.91 Å². The number of unbranched alkanes of at least 4 members (excludes halogenated alkanes) is 1. The van der Waals surface area contributed by atoms with Crippen LogP contribution in [0.3, 0.4) is 0 Å². The second kappa shape index (κ2) is 14.1. The normalized spacial score (nSPS) is 11.8. The van der Waals surface area contributed by atoms with Crippen LogP contribution in [-0.4, -0.2) is 42.8 Å². The van der Waals surface area contributed by atoms with Gasteiger partial charge in [0.15, 0.2) is 0 Å². The minimum atomic E-state index is -0.722. The van der Waals surface area contributed by atoms with Crippen molar-refractivity contribution in [1.29, 1.82) is 0 Å². The van der Waals surface area contributed by atoms with Gasteiger partial charge in [0, 0.05) is 13.1 Å². The first kappa shape index (κ1) is 27.0. The van der Waals surface area contributed by atoms with Crippen LogP contribution in [0.4, 0.5) is 9.59 Å². The Morgan fingerprint density at radius 3 is 2.31 bits per heavy atom. The molecule has 1 unspecified atom stereocenters. The van der Waals surface area contributed by atoms with Gasteiger partial charge in [-0.15, -0.1) is 6.58 Å². The lowest BCUT2D eigenvalue weighted by Gasteiger charge is -2.23. The third-order valence-electron chi connectivity index (χ3n) is 4.26. The molecule has 8 heteroatoms. The van der Waals surface area contributed by atoms with E-state index in [0.29, 0.717) is 38.8 Å².